The highest BCUT2D eigenvalue weighted by Crippen LogP contribution is 2.55. The predicted octanol–water partition coefficient (Wildman–Crippen LogP) is 9.52. The van der Waals surface area contributed by atoms with Crippen molar-refractivity contribution in [3.63, 3.8) is 0 Å². The Morgan fingerprint density at radius 3 is 0.826 bits per heavy atom. The van der Waals surface area contributed by atoms with E-state index >= 15 is 39.5 Å². The number of rotatable bonds is 5. The van der Waals surface area contributed by atoms with Crippen LogP contribution in [0.15, 0.2) is 6.58 Å². The fraction of sp³-hybridized carbons (Fsp3) is 0.0714. The first kappa shape index (κ1) is 34.2. The minimum atomic E-state index is -5.59. The third-order valence-electron chi connectivity index (χ3n) is 6.92. The Morgan fingerprint density at radius 1 is 0.326 bits per heavy atom. The zero-order valence-corrected chi connectivity index (χ0v) is 21.6. The van der Waals surface area contributed by atoms with Crippen molar-refractivity contribution >= 4 is 6.08 Å². The minimum absolute atomic E-state index is 0.0395. The summed E-state index contributed by atoms with van der Waals surface area (Å²) in [6.07, 6.45) is -0.0395. The van der Waals surface area contributed by atoms with Crippen LogP contribution in [0.1, 0.15) is 33.4 Å². The molecular formula is C28H6F18. The molecule has 0 N–H and O–H groups in total. The Bertz CT molecular complexity index is 1730. The Kier molecular flexibility index (Phi) is 8.42. The lowest BCUT2D eigenvalue weighted by Gasteiger charge is -2.39. The molecule has 0 saturated heterocycles. The fourth-order valence-electron chi connectivity index (χ4n) is 4.96. The molecule has 0 spiro atoms. The molecule has 46 heavy (non-hydrogen) atoms. The summed E-state index contributed by atoms with van der Waals surface area (Å²) in [6, 6.07) is 0. The molecule has 4 rings (SSSR count). The van der Waals surface area contributed by atoms with Crippen LogP contribution in [0.25, 0.3) is 6.08 Å². The normalized spacial score (nSPS) is 11.9. The maximum Gasteiger partial charge on any atom is 0.200 e. The van der Waals surface area contributed by atoms with Gasteiger partial charge in [0.15, 0.2) is 93.1 Å². The zero-order chi connectivity index (χ0) is 35.1. The number of hydrogen-bond acceptors (Lipinski definition) is 0. The van der Waals surface area contributed by atoms with Crippen molar-refractivity contribution < 1.29 is 79.0 Å². The van der Waals surface area contributed by atoms with Gasteiger partial charge in [0.05, 0.1) is 11.0 Å². The highest BCUT2D eigenvalue weighted by atomic mass is 19.2. The standard InChI is InChI=1S/C28H6F18/c1-3-5-11(30)14(33)7(15(34)12(5)31)28(6-4(2)10(29)20(39)21(40)13(6)32,8-16(35)22(41)26(45)23(42)17(8)36)9-18(37)24(43)27(46)25(44)19(9)38/h3H,1H2,2H3. The van der Waals surface area contributed by atoms with Gasteiger partial charge >= 0.3 is 0 Å². The molecular weight excluding hydrogens is 678 g/mol. The molecule has 0 aliphatic carbocycles. The SMILES string of the molecule is C=Cc1c(F)c(F)c(C(c2c(C)c(F)c(F)c(F)c2F)(c2c(F)c(F)c(F)c(F)c2F)c2c(F)c(F)c(F)c(F)c2F)c(F)c1F. The van der Waals surface area contributed by atoms with Crippen molar-refractivity contribution in [2.75, 3.05) is 0 Å². The van der Waals surface area contributed by atoms with Crippen LogP contribution in [0.4, 0.5) is 79.0 Å². The molecule has 0 unspecified atom stereocenters. The summed E-state index contributed by atoms with van der Waals surface area (Å²) in [6.45, 7) is 2.68. The largest absolute Gasteiger partial charge is 0.203 e. The molecule has 244 valence electrons. The van der Waals surface area contributed by atoms with Crippen molar-refractivity contribution in [2.24, 2.45) is 0 Å². The summed E-state index contributed by atoms with van der Waals surface area (Å²) in [5.74, 6) is -58.4. The molecule has 0 atom stereocenters. The first-order chi connectivity index (χ1) is 21.2. The Balaban J connectivity index is 2.70. The summed E-state index contributed by atoms with van der Waals surface area (Å²) in [7, 11) is 0. The van der Waals surface area contributed by atoms with Crippen LogP contribution in [0.3, 0.4) is 0 Å². The molecule has 0 amide bonds. The van der Waals surface area contributed by atoms with E-state index in [1.54, 1.807) is 0 Å². The third kappa shape index (κ3) is 4.21. The second kappa shape index (κ2) is 11.3. The molecule has 0 heterocycles. The topological polar surface area (TPSA) is 0 Å². The van der Waals surface area contributed by atoms with E-state index < -0.39 is 144 Å². The zero-order valence-electron chi connectivity index (χ0n) is 21.6. The average molecular weight is 684 g/mol. The third-order valence-corrected chi connectivity index (χ3v) is 6.92. The first-order valence-electron chi connectivity index (χ1n) is 11.6. The van der Waals surface area contributed by atoms with E-state index in [2.05, 4.69) is 6.58 Å². The monoisotopic (exact) mass is 684 g/mol. The first-order valence-corrected chi connectivity index (χ1v) is 11.6. The van der Waals surface area contributed by atoms with Crippen LogP contribution < -0.4 is 0 Å². The molecule has 0 aliphatic heterocycles. The van der Waals surface area contributed by atoms with E-state index in [1.807, 2.05) is 0 Å². The lowest BCUT2D eigenvalue weighted by molar-refractivity contribution is 0.330. The van der Waals surface area contributed by atoms with E-state index in [-0.39, 0.29) is 13.0 Å². The van der Waals surface area contributed by atoms with E-state index in [0.717, 1.165) is 0 Å². The highest BCUT2D eigenvalue weighted by molar-refractivity contribution is 5.66. The quantitative estimate of drug-likeness (QED) is 0.0851. The van der Waals surface area contributed by atoms with Gasteiger partial charge in [-0.05, 0) is 12.5 Å². The van der Waals surface area contributed by atoms with Crippen molar-refractivity contribution in [2.45, 2.75) is 12.3 Å². The average Bonchev–Trinajstić information content (AvgIpc) is 3.02. The Hall–Kier alpha value is -4.64. The number of benzene rings is 4. The van der Waals surface area contributed by atoms with Crippen molar-refractivity contribution in [1.29, 1.82) is 0 Å². The summed E-state index contributed by atoms with van der Waals surface area (Å²) >= 11 is 0. The number of hydrogen-bond donors (Lipinski definition) is 0. The van der Waals surface area contributed by atoms with E-state index in [1.165, 1.54) is 0 Å². The van der Waals surface area contributed by atoms with Crippen molar-refractivity contribution in [3.8, 4) is 0 Å². The molecule has 18 heteroatoms. The summed E-state index contributed by atoms with van der Waals surface area (Å²) in [4.78, 5) is 0. The van der Waals surface area contributed by atoms with Gasteiger partial charge in [-0.15, -0.1) is 0 Å². The van der Waals surface area contributed by atoms with Crippen LogP contribution >= 0.6 is 0 Å². The lowest BCUT2D eigenvalue weighted by atomic mass is 9.62. The fourth-order valence-corrected chi connectivity index (χ4v) is 4.96. The van der Waals surface area contributed by atoms with Crippen LogP contribution in [0.5, 0.6) is 0 Å². The van der Waals surface area contributed by atoms with Crippen LogP contribution in [0, 0.1) is 112 Å². The summed E-state index contributed by atoms with van der Waals surface area (Å²) in [5, 5.41) is 0. The van der Waals surface area contributed by atoms with Gasteiger partial charge in [0, 0.05) is 22.3 Å². The minimum Gasteiger partial charge on any atom is -0.203 e. The second-order valence-electron chi connectivity index (χ2n) is 9.14. The number of halogens is 18. The van der Waals surface area contributed by atoms with Gasteiger partial charge in [-0.2, -0.15) is 0 Å². The van der Waals surface area contributed by atoms with E-state index in [4.69, 9.17) is 0 Å². The molecule has 0 saturated carbocycles. The van der Waals surface area contributed by atoms with Crippen LogP contribution in [-0.4, -0.2) is 0 Å². The molecule has 0 nitrogen and oxygen atoms in total. The second-order valence-corrected chi connectivity index (χ2v) is 9.14. The molecule has 0 aliphatic rings. The smallest absolute Gasteiger partial charge is 0.200 e. The maximum absolute atomic E-state index is 15.8. The molecule has 0 bridgehead atoms. The summed E-state index contributed by atoms with van der Waals surface area (Å²) in [5.41, 5.74) is -22.4. The molecule has 4 aromatic carbocycles. The van der Waals surface area contributed by atoms with Crippen molar-refractivity contribution in [3.05, 3.63) is 145 Å². The van der Waals surface area contributed by atoms with Gasteiger partial charge in [-0.25, -0.2) is 79.0 Å². The van der Waals surface area contributed by atoms with Crippen LogP contribution in [0.2, 0.25) is 0 Å². The van der Waals surface area contributed by atoms with Crippen molar-refractivity contribution in [1.82, 2.24) is 0 Å². The van der Waals surface area contributed by atoms with Crippen LogP contribution in [-0.2, 0) is 5.41 Å². The summed E-state index contributed by atoms with van der Waals surface area (Å²) < 4.78 is 270. The molecule has 0 fully saturated rings. The van der Waals surface area contributed by atoms with E-state index in [9.17, 15) is 39.5 Å². The Labute approximate surface area is 242 Å². The molecule has 4 aromatic rings. The van der Waals surface area contributed by atoms with Gasteiger partial charge in [0.1, 0.15) is 0 Å². The molecule has 0 aromatic heterocycles. The maximum atomic E-state index is 15.8. The predicted molar refractivity (Wildman–Crippen MR) is 119 cm³/mol. The lowest BCUT2D eigenvalue weighted by Crippen LogP contribution is -2.42. The molecule has 0 radical (unpaired) electrons. The van der Waals surface area contributed by atoms with Gasteiger partial charge in [0.2, 0.25) is 11.6 Å². The van der Waals surface area contributed by atoms with E-state index in [0.29, 0.717) is 0 Å². The van der Waals surface area contributed by atoms with Gasteiger partial charge in [-0.1, -0.05) is 12.7 Å². The highest BCUT2D eigenvalue weighted by Gasteiger charge is 2.57. The van der Waals surface area contributed by atoms with Gasteiger partial charge < -0.3 is 0 Å². The Morgan fingerprint density at radius 2 is 0.543 bits per heavy atom. The van der Waals surface area contributed by atoms with Gasteiger partial charge in [-0.3, -0.25) is 0 Å². The van der Waals surface area contributed by atoms with Gasteiger partial charge in [0.25, 0.3) is 0 Å².